The maximum Gasteiger partial charge on any atom is 0.337 e. The van der Waals surface area contributed by atoms with Gasteiger partial charge in [0, 0.05) is 12.5 Å². The molecule has 0 aromatic heterocycles. The van der Waals surface area contributed by atoms with Crippen LogP contribution in [0.25, 0.3) is 0 Å². The summed E-state index contributed by atoms with van der Waals surface area (Å²) in [5.74, 6) is 0.215. The Morgan fingerprint density at radius 3 is 2.27 bits per heavy atom. The molecule has 1 amide bonds. The van der Waals surface area contributed by atoms with Crippen molar-refractivity contribution in [1.29, 1.82) is 0 Å². The minimum Gasteiger partial charge on any atom is -0.481 e. The minimum atomic E-state index is -0.632. The second-order valence-electron chi connectivity index (χ2n) is 6.04. The normalized spacial score (nSPS) is 12.7. The smallest absolute Gasteiger partial charge is 0.337 e. The lowest BCUT2D eigenvalue weighted by Crippen LogP contribution is -2.38. The van der Waals surface area contributed by atoms with Crippen molar-refractivity contribution in [1.82, 2.24) is 5.32 Å². The van der Waals surface area contributed by atoms with Gasteiger partial charge in [0.2, 0.25) is 0 Å². The van der Waals surface area contributed by atoms with Gasteiger partial charge in [0.15, 0.2) is 6.10 Å². The number of carbonyl (C=O) groups excluding carboxylic acids is 2. The van der Waals surface area contributed by atoms with Gasteiger partial charge in [0.25, 0.3) is 5.91 Å². The topological polar surface area (TPSA) is 64.6 Å². The molecule has 0 saturated carbocycles. The molecule has 0 heterocycles. The van der Waals surface area contributed by atoms with Crippen molar-refractivity contribution < 1.29 is 19.1 Å². The van der Waals surface area contributed by atoms with Crippen molar-refractivity contribution in [3.63, 3.8) is 0 Å². The number of ether oxygens (including phenoxy) is 2. The van der Waals surface area contributed by atoms with Crippen LogP contribution in [0.1, 0.15) is 42.1 Å². The first-order chi connectivity index (χ1) is 12.5. The summed E-state index contributed by atoms with van der Waals surface area (Å²) in [5.41, 5.74) is 1.65. The van der Waals surface area contributed by atoms with E-state index < -0.39 is 12.1 Å². The third-order valence-electron chi connectivity index (χ3n) is 4.24. The van der Waals surface area contributed by atoms with Gasteiger partial charge in [-0.2, -0.15) is 0 Å². The largest absolute Gasteiger partial charge is 0.481 e. The average molecular weight is 355 g/mol. The van der Waals surface area contributed by atoms with Gasteiger partial charge in [0.1, 0.15) is 5.75 Å². The quantitative estimate of drug-likeness (QED) is 0.736. The number of amides is 1. The summed E-state index contributed by atoms with van der Waals surface area (Å²) in [6.45, 7) is 4.37. The van der Waals surface area contributed by atoms with Gasteiger partial charge in [0.05, 0.1) is 12.7 Å². The molecule has 0 aliphatic rings. The maximum atomic E-state index is 12.3. The molecule has 0 unspecified atom stereocenters. The van der Waals surface area contributed by atoms with E-state index in [4.69, 9.17) is 4.74 Å². The first kappa shape index (κ1) is 19.5. The predicted molar refractivity (Wildman–Crippen MR) is 100 cm³/mol. The highest BCUT2D eigenvalue weighted by molar-refractivity contribution is 5.89. The lowest BCUT2D eigenvalue weighted by Gasteiger charge is -2.19. The van der Waals surface area contributed by atoms with E-state index in [9.17, 15) is 9.59 Å². The van der Waals surface area contributed by atoms with Crippen LogP contribution in [-0.2, 0) is 9.53 Å². The van der Waals surface area contributed by atoms with Crippen LogP contribution in [0.3, 0.4) is 0 Å². The zero-order chi connectivity index (χ0) is 18.9. The fraction of sp³-hybridized carbons (Fsp3) is 0.333. The molecule has 0 aliphatic heterocycles. The Balaban J connectivity index is 1.88. The van der Waals surface area contributed by atoms with Gasteiger partial charge in [-0.25, -0.2) is 4.79 Å². The van der Waals surface area contributed by atoms with Crippen molar-refractivity contribution in [2.75, 3.05) is 13.7 Å². The molecule has 1 N–H and O–H groups in total. The summed E-state index contributed by atoms with van der Waals surface area (Å²) in [7, 11) is 1.33. The summed E-state index contributed by atoms with van der Waals surface area (Å²) in [6.07, 6.45) is 0.307. The lowest BCUT2D eigenvalue weighted by molar-refractivity contribution is -0.127. The molecule has 138 valence electrons. The van der Waals surface area contributed by atoms with E-state index in [1.54, 1.807) is 31.2 Å². The third-order valence-corrected chi connectivity index (χ3v) is 4.24. The first-order valence-electron chi connectivity index (χ1n) is 8.72. The third kappa shape index (κ3) is 5.34. The first-order valence-corrected chi connectivity index (χ1v) is 8.72. The summed E-state index contributed by atoms with van der Waals surface area (Å²) in [6, 6.07) is 16.6. The highest BCUT2D eigenvalue weighted by Gasteiger charge is 2.17. The van der Waals surface area contributed by atoms with Crippen LogP contribution in [0.4, 0.5) is 0 Å². The molecule has 2 aromatic carbocycles. The van der Waals surface area contributed by atoms with Crippen molar-refractivity contribution in [3.05, 3.63) is 65.7 Å². The Morgan fingerprint density at radius 1 is 1.04 bits per heavy atom. The van der Waals surface area contributed by atoms with Crippen molar-refractivity contribution in [2.24, 2.45) is 0 Å². The van der Waals surface area contributed by atoms with Crippen LogP contribution in [0.15, 0.2) is 54.6 Å². The molecule has 0 fully saturated rings. The van der Waals surface area contributed by atoms with Crippen molar-refractivity contribution in [3.8, 4) is 5.75 Å². The number of benzene rings is 2. The molecule has 0 radical (unpaired) electrons. The molecule has 0 saturated heterocycles. The molecule has 5 heteroatoms. The van der Waals surface area contributed by atoms with E-state index in [1.165, 1.54) is 12.7 Å². The Bertz CT molecular complexity index is 713. The van der Waals surface area contributed by atoms with Crippen LogP contribution >= 0.6 is 0 Å². The van der Waals surface area contributed by atoms with Gasteiger partial charge < -0.3 is 14.8 Å². The Kier molecular flexibility index (Phi) is 7.21. The fourth-order valence-corrected chi connectivity index (χ4v) is 2.64. The van der Waals surface area contributed by atoms with Gasteiger partial charge in [-0.05, 0) is 43.2 Å². The van der Waals surface area contributed by atoms with E-state index in [-0.39, 0.29) is 11.8 Å². The molecule has 0 aliphatic carbocycles. The molecule has 5 nitrogen and oxygen atoms in total. The Labute approximate surface area is 154 Å². The molecule has 0 spiro atoms. The minimum absolute atomic E-state index is 0.170. The second-order valence-corrected chi connectivity index (χ2v) is 6.04. The molecule has 0 bridgehead atoms. The van der Waals surface area contributed by atoms with Gasteiger partial charge in [-0.3, -0.25) is 4.79 Å². The molecule has 26 heavy (non-hydrogen) atoms. The predicted octanol–water partition coefficient (Wildman–Crippen LogP) is 3.55. The molecule has 2 rings (SSSR count). The van der Waals surface area contributed by atoms with E-state index in [0.29, 0.717) is 17.9 Å². The van der Waals surface area contributed by atoms with Gasteiger partial charge >= 0.3 is 5.97 Å². The highest BCUT2D eigenvalue weighted by atomic mass is 16.5. The Morgan fingerprint density at radius 2 is 1.69 bits per heavy atom. The lowest BCUT2D eigenvalue weighted by atomic mass is 9.96. The summed E-state index contributed by atoms with van der Waals surface area (Å²) in [5, 5.41) is 2.95. The maximum absolute atomic E-state index is 12.3. The van der Waals surface area contributed by atoms with Crippen molar-refractivity contribution >= 4 is 11.9 Å². The van der Waals surface area contributed by atoms with Crippen LogP contribution in [-0.4, -0.2) is 31.6 Å². The molecule has 2 aromatic rings. The number of rotatable bonds is 8. The standard InChI is InChI=1S/C21H25NO4/c1-4-16(17-8-6-5-7-9-17)14-22-20(23)15(2)26-19-12-10-18(11-13-19)21(24)25-3/h5-13,15-16H,4,14H2,1-3H3,(H,22,23)/t15-,16+/m0/s1. The number of carbonyl (C=O) groups is 2. The molecular weight excluding hydrogens is 330 g/mol. The van der Waals surface area contributed by atoms with Crippen LogP contribution in [0.5, 0.6) is 5.75 Å². The van der Waals surface area contributed by atoms with Crippen molar-refractivity contribution in [2.45, 2.75) is 32.3 Å². The number of hydrogen-bond donors (Lipinski definition) is 1. The number of methoxy groups -OCH3 is 1. The zero-order valence-electron chi connectivity index (χ0n) is 15.4. The average Bonchev–Trinajstić information content (AvgIpc) is 2.69. The Hall–Kier alpha value is -2.82. The number of nitrogens with one attached hydrogen (secondary N) is 1. The van der Waals surface area contributed by atoms with Gasteiger partial charge in [-0.15, -0.1) is 0 Å². The van der Waals surface area contributed by atoms with E-state index in [1.807, 2.05) is 18.2 Å². The van der Waals surface area contributed by atoms with Crippen LogP contribution in [0, 0.1) is 0 Å². The number of esters is 1. The summed E-state index contributed by atoms with van der Waals surface area (Å²) >= 11 is 0. The second kappa shape index (κ2) is 9.61. The fourth-order valence-electron chi connectivity index (χ4n) is 2.64. The zero-order valence-corrected chi connectivity index (χ0v) is 15.4. The van der Waals surface area contributed by atoms with Crippen LogP contribution < -0.4 is 10.1 Å². The number of hydrogen-bond acceptors (Lipinski definition) is 4. The summed E-state index contributed by atoms with van der Waals surface area (Å²) in [4.78, 5) is 23.7. The van der Waals surface area contributed by atoms with Gasteiger partial charge in [-0.1, -0.05) is 37.3 Å². The SMILES string of the molecule is CC[C@H](CNC(=O)[C@H](C)Oc1ccc(C(=O)OC)cc1)c1ccccc1. The van der Waals surface area contributed by atoms with E-state index in [2.05, 4.69) is 29.1 Å². The molecule has 2 atom stereocenters. The van der Waals surface area contributed by atoms with E-state index >= 15 is 0 Å². The van der Waals surface area contributed by atoms with Crippen LogP contribution in [0.2, 0.25) is 0 Å². The molecular formula is C21H25NO4. The highest BCUT2D eigenvalue weighted by Crippen LogP contribution is 2.18. The summed E-state index contributed by atoms with van der Waals surface area (Å²) < 4.78 is 10.3. The van der Waals surface area contributed by atoms with E-state index in [0.717, 1.165) is 6.42 Å². The monoisotopic (exact) mass is 355 g/mol.